The fraction of sp³-hybridized carbons (Fsp3) is 0.391. The maximum Gasteiger partial charge on any atom is 0.236 e. The molecule has 2 unspecified atom stereocenters. The highest BCUT2D eigenvalue weighted by Gasteiger charge is 2.28. The summed E-state index contributed by atoms with van der Waals surface area (Å²) in [5.74, 6) is 0.744. The number of benzene rings is 2. The smallest absolute Gasteiger partial charge is 0.236 e. The summed E-state index contributed by atoms with van der Waals surface area (Å²) in [7, 11) is 1.80. The highest BCUT2D eigenvalue weighted by Crippen LogP contribution is 2.29. The molecule has 0 bridgehead atoms. The van der Waals surface area contributed by atoms with Crippen molar-refractivity contribution in [3.05, 3.63) is 65.8 Å². The Balaban J connectivity index is 1.39. The summed E-state index contributed by atoms with van der Waals surface area (Å²) in [5, 5.41) is 0. The van der Waals surface area contributed by atoms with Gasteiger partial charge < -0.3 is 9.32 Å². The van der Waals surface area contributed by atoms with Gasteiger partial charge in [-0.2, -0.15) is 0 Å². The maximum absolute atomic E-state index is 13.2. The minimum absolute atomic E-state index is 0.0556. The van der Waals surface area contributed by atoms with E-state index in [1.54, 1.807) is 24.1 Å². The van der Waals surface area contributed by atoms with E-state index in [0.29, 0.717) is 6.54 Å². The van der Waals surface area contributed by atoms with Crippen LogP contribution in [0.4, 0.5) is 4.39 Å². The second-order valence-electron chi connectivity index (χ2n) is 7.83. The average Bonchev–Trinajstić information content (AvgIpc) is 3.18. The first kappa shape index (κ1) is 19.6. The Kier molecular flexibility index (Phi) is 5.62. The van der Waals surface area contributed by atoms with Gasteiger partial charge in [0, 0.05) is 19.5 Å². The lowest BCUT2D eigenvalue weighted by Gasteiger charge is -2.33. The Labute approximate surface area is 170 Å². The third kappa shape index (κ3) is 4.32. The SMILES string of the molecule is CC(c1ccc(F)cc1)N(C)C(=O)CN1CCCC(c2nc3ccccc3o2)C1. The average molecular weight is 395 g/mol. The minimum Gasteiger partial charge on any atom is -0.440 e. The standard InChI is InChI=1S/C23H26FN3O2/c1-16(17-9-11-19(24)12-10-17)26(2)22(28)15-27-13-5-6-18(14-27)23-25-20-7-3-4-8-21(20)29-23/h3-4,7-12,16,18H,5-6,13-15H2,1-2H3. The van der Waals surface area contributed by atoms with Gasteiger partial charge in [0.25, 0.3) is 0 Å². The van der Waals surface area contributed by atoms with Gasteiger partial charge in [-0.25, -0.2) is 9.37 Å². The van der Waals surface area contributed by atoms with Crippen molar-refractivity contribution in [1.29, 1.82) is 0 Å². The number of hydrogen-bond acceptors (Lipinski definition) is 4. The van der Waals surface area contributed by atoms with Crippen LogP contribution in [0.1, 0.15) is 43.2 Å². The molecule has 4 rings (SSSR count). The molecular weight excluding hydrogens is 369 g/mol. The molecule has 1 aromatic heterocycles. The molecule has 1 aliphatic heterocycles. The van der Waals surface area contributed by atoms with Crippen molar-refractivity contribution >= 4 is 17.0 Å². The zero-order chi connectivity index (χ0) is 20.4. The van der Waals surface area contributed by atoms with E-state index in [9.17, 15) is 9.18 Å². The number of amides is 1. The molecule has 5 nitrogen and oxygen atoms in total. The topological polar surface area (TPSA) is 49.6 Å². The number of carbonyl (C=O) groups excluding carboxylic acids is 1. The summed E-state index contributed by atoms with van der Waals surface area (Å²) in [5.41, 5.74) is 2.61. The second-order valence-corrected chi connectivity index (χ2v) is 7.83. The summed E-state index contributed by atoms with van der Waals surface area (Å²) < 4.78 is 19.1. The van der Waals surface area contributed by atoms with Gasteiger partial charge in [0.2, 0.25) is 5.91 Å². The number of likely N-dealkylation sites (N-methyl/N-ethyl adjacent to an activating group) is 1. The summed E-state index contributed by atoms with van der Waals surface area (Å²) in [6.07, 6.45) is 2.02. The molecule has 0 N–H and O–H groups in total. The molecule has 1 amide bonds. The third-order valence-corrected chi connectivity index (χ3v) is 5.85. The van der Waals surface area contributed by atoms with E-state index >= 15 is 0 Å². The van der Waals surface area contributed by atoms with Gasteiger partial charge in [-0.1, -0.05) is 24.3 Å². The molecular formula is C23H26FN3O2. The number of para-hydroxylation sites is 2. The van der Waals surface area contributed by atoms with Crippen molar-refractivity contribution < 1.29 is 13.6 Å². The number of carbonyl (C=O) groups is 1. The summed E-state index contributed by atoms with van der Waals surface area (Å²) in [4.78, 5) is 21.4. The molecule has 0 aliphatic carbocycles. The van der Waals surface area contributed by atoms with E-state index in [-0.39, 0.29) is 23.7 Å². The molecule has 2 aromatic carbocycles. The Morgan fingerprint density at radius 1 is 1.28 bits per heavy atom. The van der Waals surface area contributed by atoms with Crippen molar-refractivity contribution in [2.75, 3.05) is 26.7 Å². The van der Waals surface area contributed by atoms with Gasteiger partial charge in [-0.3, -0.25) is 9.69 Å². The number of fused-ring (bicyclic) bond motifs is 1. The van der Waals surface area contributed by atoms with Gasteiger partial charge in [0.05, 0.1) is 12.6 Å². The van der Waals surface area contributed by atoms with Crippen LogP contribution in [-0.2, 0) is 4.79 Å². The molecule has 152 valence electrons. The maximum atomic E-state index is 13.2. The number of halogens is 1. The van der Waals surface area contributed by atoms with Crippen LogP contribution < -0.4 is 0 Å². The van der Waals surface area contributed by atoms with Crippen molar-refractivity contribution in [1.82, 2.24) is 14.8 Å². The Bertz CT molecular complexity index is 952. The van der Waals surface area contributed by atoms with E-state index in [2.05, 4.69) is 9.88 Å². The first-order valence-electron chi connectivity index (χ1n) is 10.1. The quantitative estimate of drug-likeness (QED) is 0.644. The van der Waals surface area contributed by atoms with Gasteiger partial charge in [-0.05, 0) is 56.1 Å². The normalized spacial score (nSPS) is 18.7. The molecule has 6 heteroatoms. The fourth-order valence-corrected chi connectivity index (χ4v) is 3.95. The van der Waals surface area contributed by atoms with Crippen molar-refractivity contribution in [2.24, 2.45) is 0 Å². The molecule has 1 aliphatic rings. The van der Waals surface area contributed by atoms with E-state index in [4.69, 9.17) is 4.42 Å². The molecule has 2 atom stereocenters. The van der Waals surface area contributed by atoms with Crippen LogP contribution in [0.15, 0.2) is 52.9 Å². The number of nitrogens with zero attached hydrogens (tertiary/aromatic N) is 3. The predicted octanol–water partition coefficient (Wildman–Crippen LogP) is 4.37. The van der Waals surface area contributed by atoms with Crippen LogP contribution in [-0.4, -0.2) is 47.4 Å². The van der Waals surface area contributed by atoms with E-state index in [0.717, 1.165) is 48.5 Å². The van der Waals surface area contributed by atoms with Crippen molar-refractivity contribution in [2.45, 2.75) is 31.7 Å². The van der Waals surface area contributed by atoms with Crippen LogP contribution in [0.2, 0.25) is 0 Å². The summed E-state index contributed by atoms with van der Waals surface area (Å²) in [6.45, 7) is 3.97. The number of likely N-dealkylation sites (tertiary alicyclic amines) is 1. The van der Waals surface area contributed by atoms with Crippen LogP contribution in [0.25, 0.3) is 11.1 Å². The van der Waals surface area contributed by atoms with Crippen LogP contribution in [0.5, 0.6) is 0 Å². The van der Waals surface area contributed by atoms with Crippen molar-refractivity contribution in [3.63, 3.8) is 0 Å². The highest BCUT2D eigenvalue weighted by molar-refractivity contribution is 5.78. The molecule has 29 heavy (non-hydrogen) atoms. The number of aromatic nitrogens is 1. The zero-order valence-electron chi connectivity index (χ0n) is 16.8. The number of rotatable bonds is 5. The van der Waals surface area contributed by atoms with E-state index in [1.165, 1.54) is 12.1 Å². The Hall–Kier alpha value is -2.73. The molecule has 0 radical (unpaired) electrons. The molecule has 0 saturated carbocycles. The summed E-state index contributed by atoms with van der Waals surface area (Å²) in [6, 6.07) is 14.0. The molecule has 1 saturated heterocycles. The zero-order valence-corrected chi connectivity index (χ0v) is 16.8. The first-order valence-corrected chi connectivity index (χ1v) is 10.1. The van der Waals surface area contributed by atoms with Gasteiger partial charge in [-0.15, -0.1) is 0 Å². The van der Waals surface area contributed by atoms with Gasteiger partial charge in [0.1, 0.15) is 11.3 Å². The lowest BCUT2D eigenvalue weighted by molar-refractivity contribution is -0.133. The predicted molar refractivity (Wildman–Crippen MR) is 110 cm³/mol. The van der Waals surface area contributed by atoms with Gasteiger partial charge in [0.15, 0.2) is 11.5 Å². The molecule has 1 fully saturated rings. The number of oxazole rings is 1. The first-order chi connectivity index (χ1) is 14.0. The lowest BCUT2D eigenvalue weighted by Crippen LogP contribution is -2.43. The van der Waals surface area contributed by atoms with Crippen LogP contribution >= 0.6 is 0 Å². The number of hydrogen-bond donors (Lipinski definition) is 0. The summed E-state index contributed by atoms with van der Waals surface area (Å²) >= 11 is 0. The molecule has 0 spiro atoms. The Morgan fingerprint density at radius 3 is 2.79 bits per heavy atom. The van der Waals surface area contributed by atoms with Gasteiger partial charge >= 0.3 is 0 Å². The highest BCUT2D eigenvalue weighted by atomic mass is 19.1. The lowest BCUT2D eigenvalue weighted by atomic mass is 9.98. The van der Waals surface area contributed by atoms with E-state index in [1.807, 2.05) is 31.2 Å². The monoisotopic (exact) mass is 395 g/mol. The van der Waals surface area contributed by atoms with Crippen LogP contribution in [0.3, 0.4) is 0 Å². The van der Waals surface area contributed by atoms with Crippen molar-refractivity contribution in [3.8, 4) is 0 Å². The number of piperidine rings is 1. The minimum atomic E-state index is -0.270. The fourth-order valence-electron chi connectivity index (χ4n) is 3.95. The second kappa shape index (κ2) is 8.33. The van der Waals surface area contributed by atoms with E-state index < -0.39 is 0 Å². The molecule has 2 heterocycles. The molecule has 3 aromatic rings. The largest absolute Gasteiger partial charge is 0.440 e. The Morgan fingerprint density at radius 2 is 2.03 bits per heavy atom. The third-order valence-electron chi connectivity index (χ3n) is 5.85. The van der Waals surface area contributed by atoms with Crippen LogP contribution in [0, 0.1) is 5.82 Å².